The van der Waals surface area contributed by atoms with E-state index in [-0.39, 0.29) is 24.5 Å². The number of nitrogens with zero attached hydrogens (tertiary/aromatic N) is 2. The van der Waals surface area contributed by atoms with E-state index in [1.807, 2.05) is 6.92 Å². The number of carbonyl (C=O) groups excluding carboxylic acids is 1. The molecule has 0 saturated carbocycles. The van der Waals surface area contributed by atoms with Crippen LogP contribution in [0.15, 0.2) is 53.1 Å². The van der Waals surface area contributed by atoms with Crippen LogP contribution in [0, 0.1) is 0 Å². The predicted octanol–water partition coefficient (Wildman–Crippen LogP) is 4.65. The molecule has 1 N–H and O–H groups in total. The van der Waals surface area contributed by atoms with E-state index in [0.717, 1.165) is 11.3 Å². The van der Waals surface area contributed by atoms with Crippen LogP contribution >= 0.6 is 0 Å². The first-order valence-corrected chi connectivity index (χ1v) is 9.47. The number of ether oxygens (including phenoxy) is 2. The number of amides is 1. The highest BCUT2D eigenvalue weighted by molar-refractivity contribution is 5.90. The van der Waals surface area contributed by atoms with Crippen LogP contribution in [0.3, 0.4) is 0 Å². The van der Waals surface area contributed by atoms with Crippen LogP contribution in [-0.4, -0.2) is 35.4 Å². The Morgan fingerprint density at radius 3 is 2.58 bits per heavy atom. The monoisotopic (exact) mass is 435 g/mol. The third-order valence-electron chi connectivity index (χ3n) is 3.98. The lowest BCUT2D eigenvalue weighted by atomic mass is 10.2. The zero-order valence-corrected chi connectivity index (χ0v) is 16.6. The lowest BCUT2D eigenvalue weighted by Crippen LogP contribution is -2.19. The van der Waals surface area contributed by atoms with Gasteiger partial charge in [-0.05, 0) is 43.3 Å². The van der Waals surface area contributed by atoms with Gasteiger partial charge in [0.25, 0.3) is 0 Å². The largest absolute Gasteiger partial charge is 0.494 e. The van der Waals surface area contributed by atoms with Crippen molar-refractivity contribution in [2.75, 3.05) is 18.5 Å². The topological polar surface area (TPSA) is 86.5 Å². The van der Waals surface area contributed by atoms with E-state index in [4.69, 9.17) is 9.26 Å². The minimum Gasteiger partial charge on any atom is -0.494 e. The van der Waals surface area contributed by atoms with Crippen molar-refractivity contribution in [3.05, 3.63) is 54.4 Å². The number of aromatic nitrogens is 2. The highest BCUT2D eigenvalue weighted by Gasteiger charge is 2.28. The summed E-state index contributed by atoms with van der Waals surface area (Å²) in [5.41, 5.74) is 1.07. The minimum absolute atomic E-state index is 0.00650. The summed E-state index contributed by atoms with van der Waals surface area (Å²) in [5, 5.41) is 6.51. The third-order valence-corrected chi connectivity index (χ3v) is 3.98. The second-order valence-electron chi connectivity index (χ2n) is 6.45. The highest BCUT2D eigenvalue weighted by atomic mass is 19.4. The molecule has 164 valence electrons. The lowest BCUT2D eigenvalue weighted by Gasteiger charge is -2.10. The molecule has 1 heterocycles. The second kappa shape index (κ2) is 9.96. The Labute approximate surface area is 176 Å². The fourth-order valence-electron chi connectivity index (χ4n) is 2.61. The van der Waals surface area contributed by atoms with Crippen molar-refractivity contribution < 1.29 is 32.0 Å². The van der Waals surface area contributed by atoms with Crippen LogP contribution < -0.4 is 14.8 Å². The molecule has 0 radical (unpaired) electrons. The molecule has 10 heteroatoms. The average Bonchev–Trinajstić information content (AvgIpc) is 3.20. The normalized spacial score (nSPS) is 11.2. The molecule has 0 atom stereocenters. The van der Waals surface area contributed by atoms with Crippen LogP contribution in [0.5, 0.6) is 11.5 Å². The summed E-state index contributed by atoms with van der Waals surface area (Å²) < 4.78 is 52.0. The first-order valence-electron chi connectivity index (χ1n) is 9.47. The maximum absolute atomic E-state index is 12.3. The Kier molecular flexibility index (Phi) is 7.11. The van der Waals surface area contributed by atoms with E-state index in [0.29, 0.717) is 24.0 Å². The smallest absolute Gasteiger partial charge is 0.422 e. The van der Waals surface area contributed by atoms with E-state index < -0.39 is 12.8 Å². The lowest BCUT2D eigenvalue weighted by molar-refractivity contribution is -0.153. The molecule has 0 fully saturated rings. The fraction of sp³-hybridized carbons (Fsp3) is 0.286. The van der Waals surface area contributed by atoms with E-state index in [2.05, 4.69) is 20.2 Å². The van der Waals surface area contributed by atoms with Crippen molar-refractivity contribution >= 4 is 11.6 Å². The summed E-state index contributed by atoms with van der Waals surface area (Å²) in [6.07, 6.45) is -4.17. The van der Waals surface area contributed by atoms with Gasteiger partial charge in [-0.3, -0.25) is 4.79 Å². The van der Waals surface area contributed by atoms with Gasteiger partial charge in [-0.15, -0.1) is 0 Å². The molecule has 31 heavy (non-hydrogen) atoms. The predicted molar refractivity (Wildman–Crippen MR) is 106 cm³/mol. The maximum atomic E-state index is 12.3. The number of aryl methyl sites for hydroxylation is 1. The molecule has 0 spiro atoms. The number of rotatable bonds is 9. The molecule has 0 saturated heterocycles. The summed E-state index contributed by atoms with van der Waals surface area (Å²) in [6, 6.07) is 12.9. The number of carbonyl (C=O) groups is 1. The van der Waals surface area contributed by atoms with Crippen LogP contribution in [0.1, 0.15) is 19.2 Å². The molecule has 3 rings (SSSR count). The van der Waals surface area contributed by atoms with E-state index in [9.17, 15) is 18.0 Å². The number of alkyl halides is 3. The molecule has 1 aromatic heterocycles. The molecular formula is C21H20F3N3O4. The van der Waals surface area contributed by atoms with Crippen LogP contribution in [0.2, 0.25) is 0 Å². The molecule has 0 aliphatic rings. The highest BCUT2D eigenvalue weighted by Crippen LogP contribution is 2.22. The van der Waals surface area contributed by atoms with E-state index in [1.165, 1.54) is 18.2 Å². The molecule has 0 unspecified atom stereocenters. The molecule has 7 nitrogen and oxygen atoms in total. The van der Waals surface area contributed by atoms with Gasteiger partial charge in [-0.2, -0.15) is 18.2 Å². The van der Waals surface area contributed by atoms with Gasteiger partial charge in [-0.1, -0.05) is 11.2 Å². The fourth-order valence-corrected chi connectivity index (χ4v) is 2.61. The number of nitrogens with one attached hydrogen (secondary N) is 1. The van der Waals surface area contributed by atoms with Gasteiger partial charge < -0.3 is 19.3 Å². The first kappa shape index (κ1) is 22.1. The maximum Gasteiger partial charge on any atom is 0.422 e. The molecule has 0 aliphatic heterocycles. The molecule has 0 aliphatic carbocycles. The van der Waals surface area contributed by atoms with Gasteiger partial charge in [0, 0.05) is 30.2 Å². The van der Waals surface area contributed by atoms with Crippen molar-refractivity contribution in [2.45, 2.75) is 25.9 Å². The Hall–Kier alpha value is -3.56. The molecule has 0 bridgehead atoms. The standard InChI is InChI=1S/C21H20F3N3O4/c1-2-29-16-8-6-14(7-9-16)20-26-19(31-27-20)11-10-18(28)25-15-4-3-5-17(12-15)30-13-21(22,23)24/h3-9,12H,2,10-11,13H2,1H3,(H,25,28). The quantitative estimate of drug-likeness (QED) is 0.527. The summed E-state index contributed by atoms with van der Waals surface area (Å²) in [4.78, 5) is 16.4. The van der Waals surface area contributed by atoms with Crippen molar-refractivity contribution in [1.29, 1.82) is 0 Å². The van der Waals surface area contributed by atoms with Crippen molar-refractivity contribution in [3.63, 3.8) is 0 Å². The first-order chi connectivity index (χ1) is 14.8. The molecular weight excluding hydrogens is 415 g/mol. The van der Waals surface area contributed by atoms with Crippen LogP contribution in [0.4, 0.5) is 18.9 Å². The minimum atomic E-state index is -4.44. The number of hydrogen-bond donors (Lipinski definition) is 1. The average molecular weight is 435 g/mol. The molecule has 1 amide bonds. The number of hydrogen-bond acceptors (Lipinski definition) is 6. The molecule has 3 aromatic rings. The number of anilines is 1. The SMILES string of the molecule is CCOc1ccc(-c2noc(CCC(=O)Nc3cccc(OCC(F)(F)F)c3)n2)cc1. The molecule has 2 aromatic carbocycles. The zero-order chi connectivity index (χ0) is 22.3. The van der Waals surface area contributed by atoms with Gasteiger partial charge in [0.15, 0.2) is 6.61 Å². The summed E-state index contributed by atoms with van der Waals surface area (Å²) in [5.74, 6) is 1.08. The second-order valence-corrected chi connectivity index (χ2v) is 6.45. The van der Waals surface area contributed by atoms with Crippen molar-refractivity contribution in [3.8, 4) is 22.9 Å². The Bertz CT molecular complexity index is 1000. The van der Waals surface area contributed by atoms with Crippen LogP contribution in [-0.2, 0) is 11.2 Å². The Morgan fingerprint density at radius 2 is 1.87 bits per heavy atom. The van der Waals surface area contributed by atoms with E-state index >= 15 is 0 Å². The third kappa shape index (κ3) is 7.02. The van der Waals surface area contributed by atoms with Gasteiger partial charge >= 0.3 is 6.18 Å². The number of halogens is 3. The van der Waals surface area contributed by atoms with Gasteiger partial charge in [0.1, 0.15) is 11.5 Å². The van der Waals surface area contributed by atoms with Crippen LogP contribution in [0.25, 0.3) is 11.4 Å². The van der Waals surface area contributed by atoms with Gasteiger partial charge in [0.2, 0.25) is 17.6 Å². The van der Waals surface area contributed by atoms with Crippen molar-refractivity contribution in [2.24, 2.45) is 0 Å². The van der Waals surface area contributed by atoms with Gasteiger partial charge in [0.05, 0.1) is 6.61 Å². The Balaban J connectivity index is 1.51. The Morgan fingerprint density at radius 1 is 1.10 bits per heavy atom. The summed E-state index contributed by atoms with van der Waals surface area (Å²) >= 11 is 0. The zero-order valence-electron chi connectivity index (χ0n) is 16.6. The summed E-state index contributed by atoms with van der Waals surface area (Å²) in [6.45, 7) is 1.06. The summed E-state index contributed by atoms with van der Waals surface area (Å²) in [7, 11) is 0. The van der Waals surface area contributed by atoms with Crippen molar-refractivity contribution in [1.82, 2.24) is 10.1 Å². The number of benzene rings is 2. The van der Waals surface area contributed by atoms with Gasteiger partial charge in [-0.25, -0.2) is 0 Å². The van der Waals surface area contributed by atoms with E-state index in [1.54, 1.807) is 30.3 Å².